The summed E-state index contributed by atoms with van der Waals surface area (Å²) in [5.74, 6) is 0.997. The van der Waals surface area contributed by atoms with Crippen molar-refractivity contribution in [3.63, 3.8) is 0 Å². The van der Waals surface area contributed by atoms with Gasteiger partial charge in [0.2, 0.25) is 5.91 Å². The summed E-state index contributed by atoms with van der Waals surface area (Å²) in [6.07, 6.45) is 7.14. The monoisotopic (exact) mass is 352 g/mol. The maximum absolute atomic E-state index is 14.2. The van der Waals surface area contributed by atoms with Crippen molar-refractivity contribution in [2.45, 2.75) is 18.5 Å². The third kappa shape index (κ3) is 3.51. The van der Waals surface area contributed by atoms with Gasteiger partial charge < -0.3 is 10.6 Å². The van der Waals surface area contributed by atoms with Gasteiger partial charge in [-0.1, -0.05) is 36.4 Å². The molecule has 3 rings (SSSR count). The molecule has 132 valence electrons. The number of carbonyl (C=O) groups is 1. The first-order valence-corrected chi connectivity index (χ1v) is 8.22. The number of nitrogens with zero attached hydrogens (tertiary/aromatic N) is 1. The Morgan fingerprint density at radius 1 is 1.27 bits per heavy atom. The molecule has 1 aliphatic heterocycles. The molecule has 1 heterocycles. The Balaban J connectivity index is 2.00. The van der Waals surface area contributed by atoms with Crippen molar-refractivity contribution in [1.29, 1.82) is 0 Å². The Morgan fingerprint density at radius 3 is 2.69 bits per heavy atom. The highest BCUT2D eigenvalue weighted by atomic mass is 19.1. The predicted octanol–water partition coefficient (Wildman–Crippen LogP) is 3.28. The highest BCUT2D eigenvalue weighted by Crippen LogP contribution is 2.36. The van der Waals surface area contributed by atoms with Crippen LogP contribution in [0, 0.1) is 24.0 Å². The van der Waals surface area contributed by atoms with E-state index in [2.05, 4.69) is 5.92 Å². The smallest absolute Gasteiger partial charge is 0.241 e. The lowest BCUT2D eigenvalue weighted by atomic mass is 10.0. The van der Waals surface area contributed by atoms with E-state index in [4.69, 9.17) is 12.2 Å². The van der Waals surface area contributed by atoms with Gasteiger partial charge in [0, 0.05) is 18.5 Å². The molecule has 26 heavy (non-hydrogen) atoms. The number of amides is 1. The molecule has 0 spiro atoms. The lowest BCUT2D eigenvalue weighted by Crippen LogP contribution is -2.43. The van der Waals surface area contributed by atoms with E-state index in [-0.39, 0.29) is 24.4 Å². The largest absolute Gasteiger partial charge is 0.326 e. The average Bonchev–Trinajstić information content (AvgIpc) is 3.09. The first-order chi connectivity index (χ1) is 12.5. The summed E-state index contributed by atoms with van der Waals surface area (Å²) in [7, 11) is 0. The van der Waals surface area contributed by atoms with Gasteiger partial charge in [-0.3, -0.25) is 4.79 Å². The lowest BCUT2D eigenvalue weighted by molar-refractivity contribution is -0.132. The minimum Gasteiger partial charge on any atom is -0.326 e. The van der Waals surface area contributed by atoms with Gasteiger partial charge in [0.25, 0.3) is 0 Å². The minimum absolute atomic E-state index is 0.112. The summed E-state index contributed by atoms with van der Waals surface area (Å²) in [5.41, 5.74) is 7.44. The number of hydrogen-bond donors (Lipinski definition) is 1. The van der Waals surface area contributed by atoms with Crippen molar-refractivity contribution in [3.05, 3.63) is 77.4 Å². The van der Waals surface area contributed by atoms with Crippen LogP contribution in [0.3, 0.4) is 0 Å². The molecule has 2 atom stereocenters. The molecule has 1 aliphatic rings. The number of hydrogen-bond acceptors (Lipinski definition) is 2. The van der Waals surface area contributed by atoms with Crippen LogP contribution >= 0.6 is 0 Å². The van der Waals surface area contributed by atoms with Crippen molar-refractivity contribution >= 4 is 11.5 Å². The second kappa shape index (κ2) is 7.51. The zero-order chi connectivity index (χ0) is 18.7. The molecule has 2 aromatic rings. The molecular weight excluding hydrogens is 334 g/mol. The maximum Gasteiger partial charge on any atom is 0.241 e. The summed E-state index contributed by atoms with van der Waals surface area (Å²) >= 11 is 0. The van der Waals surface area contributed by atoms with Crippen LogP contribution in [0.4, 0.5) is 8.78 Å². The van der Waals surface area contributed by atoms with Crippen LogP contribution in [0.15, 0.2) is 54.6 Å². The SMILES string of the molecule is C#CC[C@H](N)C(=O)N1CC(c2cc(F)ccc2F)=CC1c1ccccc1. The van der Waals surface area contributed by atoms with E-state index in [1.807, 2.05) is 30.3 Å². The first kappa shape index (κ1) is 17.8. The molecule has 3 nitrogen and oxygen atoms in total. The molecule has 5 heteroatoms. The molecule has 2 aromatic carbocycles. The van der Waals surface area contributed by atoms with Crippen LogP contribution in [-0.4, -0.2) is 23.4 Å². The first-order valence-electron chi connectivity index (χ1n) is 8.22. The highest BCUT2D eigenvalue weighted by molar-refractivity contribution is 5.87. The Hall–Kier alpha value is -2.97. The topological polar surface area (TPSA) is 46.3 Å². The molecule has 0 saturated heterocycles. The van der Waals surface area contributed by atoms with Crippen LogP contribution in [-0.2, 0) is 4.79 Å². The van der Waals surface area contributed by atoms with E-state index >= 15 is 0 Å². The fourth-order valence-electron chi connectivity index (χ4n) is 3.10. The van der Waals surface area contributed by atoms with E-state index in [0.717, 1.165) is 23.8 Å². The number of nitrogens with two attached hydrogens (primary N) is 1. The van der Waals surface area contributed by atoms with Gasteiger partial charge in [0.1, 0.15) is 11.6 Å². The summed E-state index contributed by atoms with van der Waals surface area (Å²) < 4.78 is 27.8. The zero-order valence-electron chi connectivity index (χ0n) is 14.0. The third-order valence-corrected chi connectivity index (χ3v) is 4.39. The zero-order valence-corrected chi connectivity index (χ0v) is 14.0. The van der Waals surface area contributed by atoms with Crippen molar-refractivity contribution in [1.82, 2.24) is 4.90 Å². The molecule has 1 unspecified atom stereocenters. The van der Waals surface area contributed by atoms with E-state index in [0.29, 0.717) is 5.57 Å². The minimum atomic E-state index is -0.837. The second-order valence-electron chi connectivity index (χ2n) is 6.15. The number of carbonyl (C=O) groups excluding carboxylic acids is 1. The van der Waals surface area contributed by atoms with Gasteiger partial charge >= 0.3 is 0 Å². The Bertz CT molecular complexity index is 887. The normalized spacial score (nSPS) is 17.5. The van der Waals surface area contributed by atoms with Crippen molar-refractivity contribution in [3.8, 4) is 12.3 Å². The molecule has 1 amide bonds. The Kier molecular flexibility index (Phi) is 5.15. The average molecular weight is 352 g/mol. The van der Waals surface area contributed by atoms with E-state index < -0.39 is 23.7 Å². The molecule has 0 aliphatic carbocycles. The molecule has 0 bridgehead atoms. The lowest BCUT2D eigenvalue weighted by Gasteiger charge is -2.27. The van der Waals surface area contributed by atoms with Gasteiger partial charge in [0.15, 0.2) is 0 Å². The van der Waals surface area contributed by atoms with Gasteiger partial charge in [-0.25, -0.2) is 8.78 Å². The fraction of sp³-hybridized carbons (Fsp3) is 0.190. The highest BCUT2D eigenvalue weighted by Gasteiger charge is 2.33. The van der Waals surface area contributed by atoms with Crippen LogP contribution in [0.5, 0.6) is 0 Å². The molecule has 2 N–H and O–H groups in total. The summed E-state index contributed by atoms with van der Waals surface area (Å²) in [4.78, 5) is 14.3. The third-order valence-electron chi connectivity index (χ3n) is 4.39. The maximum atomic E-state index is 14.2. The van der Waals surface area contributed by atoms with Crippen LogP contribution in [0.25, 0.3) is 5.57 Å². The number of rotatable bonds is 4. The molecule has 0 radical (unpaired) electrons. The summed E-state index contributed by atoms with van der Waals surface area (Å²) in [6, 6.07) is 11.4. The predicted molar refractivity (Wildman–Crippen MR) is 96.7 cm³/mol. The molecule has 0 aromatic heterocycles. The van der Waals surface area contributed by atoms with E-state index in [1.165, 1.54) is 0 Å². The quantitative estimate of drug-likeness (QED) is 0.859. The van der Waals surface area contributed by atoms with E-state index in [1.54, 1.807) is 11.0 Å². The van der Waals surface area contributed by atoms with Crippen LogP contribution in [0.1, 0.15) is 23.6 Å². The van der Waals surface area contributed by atoms with Gasteiger partial charge in [-0.15, -0.1) is 12.3 Å². The van der Waals surface area contributed by atoms with Crippen LogP contribution in [0.2, 0.25) is 0 Å². The summed E-state index contributed by atoms with van der Waals surface area (Å²) in [6.45, 7) is 0.136. The molecule has 0 saturated carbocycles. The molecule has 0 fully saturated rings. The van der Waals surface area contributed by atoms with Gasteiger partial charge in [0.05, 0.1) is 12.1 Å². The Morgan fingerprint density at radius 2 is 2.00 bits per heavy atom. The molecular formula is C21H18F2N2O. The van der Waals surface area contributed by atoms with E-state index in [9.17, 15) is 13.6 Å². The van der Waals surface area contributed by atoms with Crippen molar-refractivity contribution < 1.29 is 13.6 Å². The standard InChI is InChI=1S/C21H18F2N2O/c1-2-6-19(24)21(26)25-13-15(17-12-16(22)9-10-18(17)23)11-20(25)14-7-4-3-5-8-14/h1,3-5,7-12,19-20H,6,13,24H2/t19-,20?/m0/s1. The Labute approximate surface area is 151 Å². The van der Waals surface area contributed by atoms with Gasteiger partial charge in [-0.05, 0) is 29.3 Å². The number of benzene rings is 2. The number of halogens is 2. The second-order valence-corrected chi connectivity index (χ2v) is 6.15. The fourth-order valence-corrected chi connectivity index (χ4v) is 3.10. The van der Waals surface area contributed by atoms with Gasteiger partial charge in [-0.2, -0.15) is 0 Å². The number of terminal acetylenes is 1. The van der Waals surface area contributed by atoms with Crippen molar-refractivity contribution in [2.24, 2.45) is 5.73 Å². The van der Waals surface area contributed by atoms with Crippen LogP contribution < -0.4 is 5.73 Å². The van der Waals surface area contributed by atoms with Crippen molar-refractivity contribution in [2.75, 3.05) is 6.54 Å². The summed E-state index contributed by atoms with van der Waals surface area (Å²) in [5, 5.41) is 0.